The third-order valence-electron chi connectivity index (χ3n) is 3.90. The topological polar surface area (TPSA) is 112 Å². The van der Waals surface area contributed by atoms with Gasteiger partial charge in [-0.05, 0) is 24.5 Å². The molecule has 0 spiro atoms. The van der Waals surface area contributed by atoms with E-state index in [1.807, 2.05) is 20.8 Å². The summed E-state index contributed by atoms with van der Waals surface area (Å²) >= 11 is 0. The van der Waals surface area contributed by atoms with Gasteiger partial charge in [0, 0.05) is 17.5 Å². The lowest BCUT2D eigenvalue weighted by atomic mass is 9.90. The first-order valence-corrected chi connectivity index (χ1v) is 7.26. The Labute approximate surface area is 137 Å². The minimum atomic E-state index is -1.42. The van der Waals surface area contributed by atoms with Crippen molar-refractivity contribution in [2.24, 2.45) is 5.41 Å². The summed E-state index contributed by atoms with van der Waals surface area (Å²) in [5, 5.41) is 20.7. The largest absolute Gasteiger partial charge is 0.464 e. The van der Waals surface area contributed by atoms with Crippen LogP contribution in [0.5, 0.6) is 0 Å². The second kappa shape index (κ2) is 5.95. The first-order chi connectivity index (χ1) is 11.0. The van der Waals surface area contributed by atoms with Crippen LogP contribution in [0.3, 0.4) is 0 Å². The number of nitro benzene ring substituents is 1. The summed E-state index contributed by atoms with van der Waals surface area (Å²) in [6.07, 6.45) is -1.86. The summed E-state index contributed by atoms with van der Waals surface area (Å²) in [5.41, 5.74) is -0.693. The third-order valence-corrected chi connectivity index (χ3v) is 3.90. The zero-order chi connectivity index (χ0) is 18.2. The molecule has 24 heavy (non-hydrogen) atoms. The van der Waals surface area contributed by atoms with Gasteiger partial charge in [0.2, 0.25) is 0 Å². The SMILES string of the molecule is CC(OC(=O)c1cc2ccc([N+](=O)[O-])cc2n1C(=O)O)C(C)(C)C. The molecule has 1 aromatic carbocycles. The van der Waals surface area contributed by atoms with Gasteiger partial charge in [0.15, 0.2) is 0 Å². The van der Waals surface area contributed by atoms with E-state index in [1.54, 1.807) is 6.92 Å². The Kier molecular flexibility index (Phi) is 4.33. The van der Waals surface area contributed by atoms with Gasteiger partial charge in [0.25, 0.3) is 5.69 Å². The van der Waals surface area contributed by atoms with Crippen molar-refractivity contribution in [3.63, 3.8) is 0 Å². The van der Waals surface area contributed by atoms with E-state index in [0.717, 1.165) is 6.07 Å². The molecule has 0 aliphatic carbocycles. The van der Waals surface area contributed by atoms with Crippen molar-refractivity contribution in [2.75, 3.05) is 0 Å². The van der Waals surface area contributed by atoms with Crippen molar-refractivity contribution in [3.8, 4) is 0 Å². The number of fused-ring (bicyclic) bond motifs is 1. The van der Waals surface area contributed by atoms with Gasteiger partial charge in [0.1, 0.15) is 11.8 Å². The Morgan fingerprint density at radius 2 is 1.92 bits per heavy atom. The Morgan fingerprint density at radius 1 is 1.29 bits per heavy atom. The van der Waals surface area contributed by atoms with Crippen LogP contribution in [0.1, 0.15) is 38.2 Å². The standard InChI is InChI=1S/C16H18N2O6/c1-9(16(2,3)4)24-14(19)13-7-10-5-6-11(18(22)23)8-12(10)17(13)15(20)21/h5-9H,1-4H3,(H,20,21). The third kappa shape index (κ3) is 3.22. The highest BCUT2D eigenvalue weighted by Gasteiger charge is 2.28. The van der Waals surface area contributed by atoms with E-state index in [1.165, 1.54) is 18.2 Å². The lowest BCUT2D eigenvalue weighted by molar-refractivity contribution is -0.384. The Hall–Kier alpha value is -2.90. The minimum absolute atomic E-state index is 0.0621. The van der Waals surface area contributed by atoms with Crippen LogP contribution in [0.15, 0.2) is 24.3 Å². The molecule has 0 aliphatic heterocycles. The number of non-ortho nitro benzene ring substituents is 1. The molecule has 1 heterocycles. The number of benzene rings is 1. The van der Waals surface area contributed by atoms with Crippen LogP contribution in [0.4, 0.5) is 10.5 Å². The average molecular weight is 334 g/mol. The monoisotopic (exact) mass is 334 g/mol. The molecule has 1 atom stereocenters. The van der Waals surface area contributed by atoms with Crippen molar-refractivity contribution < 1.29 is 24.4 Å². The second-order valence-corrected chi connectivity index (χ2v) is 6.56. The molecule has 8 nitrogen and oxygen atoms in total. The molecule has 0 amide bonds. The lowest BCUT2D eigenvalue weighted by Gasteiger charge is -2.26. The molecule has 2 rings (SSSR count). The van der Waals surface area contributed by atoms with Gasteiger partial charge < -0.3 is 9.84 Å². The van der Waals surface area contributed by atoms with Crippen LogP contribution in [0.25, 0.3) is 10.9 Å². The number of carbonyl (C=O) groups excluding carboxylic acids is 1. The van der Waals surface area contributed by atoms with Crippen LogP contribution in [0, 0.1) is 15.5 Å². The van der Waals surface area contributed by atoms with E-state index < -0.39 is 23.1 Å². The van der Waals surface area contributed by atoms with Gasteiger partial charge in [-0.15, -0.1) is 0 Å². The summed E-state index contributed by atoms with van der Waals surface area (Å²) in [6, 6.07) is 5.12. The molecular formula is C16H18N2O6. The number of nitro groups is 1. The number of carbonyl (C=O) groups is 2. The van der Waals surface area contributed by atoms with Gasteiger partial charge >= 0.3 is 12.1 Å². The van der Waals surface area contributed by atoms with Crippen LogP contribution in [0.2, 0.25) is 0 Å². The normalized spacial score (nSPS) is 12.8. The van der Waals surface area contributed by atoms with E-state index in [4.69, 9.17) is 4.74 Å². The van der Waals surface area contributed by atoms with E-state index in [-0.39, 0.29) is 22.3 Å². The first-order valence-electron chi connectivity index (χ1n) is 7.26. The molecule has 1 aromatic heterocycles. The van der Waals surface area contributed by atoms with E-state index in [0.29, 0.717) is 9.95 Å². The molecule has 0 bridgehead atoms. The molecule has 0 radical (unpaired) electrons. The molecule has 1 N–H and O–H groups in total. The molecule has 0 saturated carbocycles. The molecule has 2 aromatic rings. The predicted octanol–water partition coefficient (Wildman–Crippen LogP) is 3.67. The van der Waals surface area contributed by atoms with Gasteiger partial charge in [-0.3, -0.25) is 10.1 Å². The Morgan fingerprint density at radius 3 is 2.42 bits per heavy atom. The highest BCUT2D eigenvalue weighted by Crippen LogP contribution is 2.27. The van der Waals surface area contributed by atoms with Crippen LogP contribution < -0.4 is 0 Å². The number of rotatable bonds is 3. The van der Waals surface area contributed by atoms with Crippen LogP contribution in [-0.4, -0.2) is 32.8 Å². The summed E-state index contributed by atoms with van der Waals surface area (Å²) in [7, 11) is 0. The molecule has 0 aliphatic rings. The Bertz CT molecular complexity index is 831. The number of hydrogen-bond acceptors (Lipinski definition) is 5. The second-order valence-electron chi connectivity index (χ2n) is 6.56. The fraction of sp³-hybridized carbons (Fsp3) is 0.375. The summed E-state index contributed by atoms with van der Waals surface area (Å²) in [6.45, 7) is 7.39. The number of hydrogen-bond donors (Lipinski definition) is 1. The molecule has 8 heteroatoms. The number of nitrogens with zero attached hydrogens (tertiary/aromatic N) is 2. The summed E-state index contributed by atoms with van der Waals surface area (Å²) in [4.78, 5) is 34.2. The quantitative estimate of drug-likeness (QED) is 0.521. The van der Waals surface area contributed by atoms with Crippen LogP contribution in [-0.2, 0) is 4.74 Å². The fourth-order valence-corrected chi connectivity index (χ4v) is 2.06. The first kappa shape index (κ1) is 17.5. The summed E-state index contributed by atoms with van der Waals surface area (Å²) < 4.78 is 6.05. The maximum Gasteiger partial charge on any atom is 0.416 e. The molecule has 128 valence electrons. The molecule has 0 fully saturated rings. The average Bonchev–Trinajstić information content (AvgIpc) is 2.84. The maximum atomic E-state index is 12.4. The fourth-order valence-electron chi connectivity index (χ4n) is 2.06. The highest BCUT2D eigenvalue weighted by molar-refractivity contribution is 6.01. The van der Waals surface area contributed by atoms with Crippen molar-refractivity contribution in [1.82, 2.24) is 4.57 Å². The number of carboxylic acid groups (broad SMARTS) is 1. The smallest absolute Gasteiger partial charge is 0.416 e. The zero-order valence-corrected chi connectivity index (χ0v) is 13.8. The van der Waals surface area contributed by atoms with E-state index >= 15 is 0 Å². The predicted molar refractivity (Wildman–Crippen MR) is 86.3 cm³/mol. The zero-order valence-electron chi connectivity index (χ0n) is 13.8. The Balaban J connectivity index is 2.54. The van der Waals surface area contributed by atoms with Crippen molar-refractivity contribution in [1.29, 1.82) is 0 Å². The number of esters is 1. The van der Waals surface area contributed by atoms with Gasteiger partial charge in [0.05, 0.1) is 10.4 Å². The van der Waals surface area contributed by atoms with Gasteiger partial charge in [-0.25, -0.2) is 14.2 Å². The highest BCUT2D eigenvalue weighted by atomic mass is 16.6. The summed E-state index contributed by atoms with van der Waals surface area (Å²) in [5.74, 6) is -0.793. The molecule has 1 unspecified atom stereocenters. The van der Waals surface area contributed by atoms with Crippen molar-refractivity contribution in [2.45, 2.75) is 33.8 Å². The van der Waals surface area contributed by atoms with E-state index in [2.05, 4.69) is 0 Å². The maximum absolute atomic E-state index is 12.4. The number of ether oxygens (including phenoxy) is 1. The van der Waals surface area contributed by atoms with Crippen molar-refractivity contribution in [3.05, 3.63) is 40.1 Å². The number of aromatic nitrogens is 1. The molecular weight excluding hydrogens is 316 g/mol. The lowest BCUT2D eigenvalue weighted by Crippen LogP contribution is -2.30. The van der Waals surface area contributed by atoms with Crippen molar-refractivity contribution >= 4 is 28.7 Å². The minimum Gasteiger partial charge on any atom is -0.464 e. The van der Waals surface area contributed by atoms with Gasteiger partial charge in [-0.2, -0.15) is 0 Å². The molecule has 0 saturated heterocycles. The van der Waals surface area contributed by atoms with Crippen LogP contribution >= 0.6 is 0 Å². The van der Waals surface area contributed by atoms with E-state index in [9.17, 15) is 24.8 Å². The van der Waals surface area contributed by atoms with Gasteiger partial charge in [-0.1, -0.05) is 20.8 Å².